The lowest BCUT2D eigenvalue weighted by Crippen LogP contribution is -2.36. The van der Waals surface area contributed by atoms with Gasteiger partial charge in [-0.05, 0) is 19.1 Å². The molecule has 3 N–H and O–H groups in total. The minimum atomic E-state index is -0.773. The third-order valence-electron chi connectivity index (χ3n) is 2.46. The molecule has 0 unspecified atom stereocenters. The predicted octanol–water partition coefficient (Wildman–Crippen LogP) is 1.96. The number of rotatable bonds is 5. The molecule has 0 radical (unpaired) electrons. The molecular formula is C14H15ClN4O2. The summed E-state index contributed by atoms with van der Waals surface area (Å²) in [4.78, 5) is 23.5. The Morgan fingerprint density at radius 2 is 1.95 bits per heavy atom. The maximum atomic E-state index is 11.9. The maximum Gasteiger partial charge on any atom is 0.326 e. The lowest BCUT2D eigenvalue weighted by Gasteiger charge is -2.09. The summed E-state index contributed by atoms with van der Waals surface area (Å²) in [7, 11) is 0. The smallest absolute Gasteiger partial charge is 0.326 e. The van der Waals surface area contributed by atoms with Gasteiger partial charge in [0.25, 0.3) is 5.91 Å². The van der Waals surface area contributed by atoms with Gasteiger partial charge in [0.15, 0.2) is 0 Å². The highest BCUT2D eigenvalue weighted by Gasteiger charge is 2.15. The molecule has 0 saturated carbocycles. The van der Waals surface area contributed by atoms with Gasteiger partial charge in [-0.1, -0.05) is 18.2 Å². The number of allylic oxidation sites excluding steroid dienone is 1. The van der Waals surface area contributed by atoms with Crippen LogP contribution in [0.1, 0.15) is 6.92 Å². The van der Waals surface area contributed by atoms with Gasteiger partial charge >= 0.3 is 6.03 Å². The van der Waals surface area contributed by atoms with Crippen LogP contribution in [-0.2, 0) is 4.79 Å². The fourth-order valence-corrected chi connectivity index (χ4v) is 1.57. The van der Waals surface area contributed by atoms with Crippen molar-refractivity contribution in [2.45, 2.75) is 6.92 Å². The van der Waals surface area contributed by atoms with E-state index >= 15 is 0 Å². The second-order valence-corrected chi connectivity index (χ2v) is 4.38. The van der Waals surface area contributed by atoms with E-state index in [4.69, 9.17) is 16.9 Å². The largest absolute Gasteiger partial charge is 0.386 e. The van der Waals surface area contributed by atoms with Crippen LogP contribution in [0.5, 0.6) is 0 Å². The van der Waals surface area contributed by atoms with Crippen molar-refractivity contribution in [2.75, 3.05) is 17.7 Å². The summed E-state index contributed by atoms with van der Waals surface area (Å²) in [6.45, 7) is 1.99. The van der Waals surface area contributed by atoms with Crippen molar-refractivity contribution in [3.05, 3.63) is 41.6 Å². The number of urea groups is 1. The normalized spacial score (nSPS) is 10.9. The number of benzene rings is 1. The number of imide groups is 1. The first kappa shape index (κ1) is 16.5. The van der Waals surface area contributed by atoms with Gasteiger partial charge in [-0.2, -0.15) is 5.26 Å². The topological polar surface area (TPSA) is 94.0 Å². The van der Waals surface area contributed by atoms with Gasteiger partial charge in [0, 0.05) is 23.8 Å². The number of nitriles is 1. The number of halogens is 1. The van der Waals surface area contributed by atoms with E-state index < -0.39 is 11.9 Å². The number of carbonyl (C=O) groups excluding carboxylic acids is 2. The van der Waals surface area contributed by atoms with Crippen LogP contribution in [0.15, 0.2) is 41.6 Å². The molecule has 0 bridgehead atoms. The fraction of sp³-hybridized carbons (Fsp3) is 0.214. The van der Waals surface area contributed by atoms with Gasteiger partial charge in [-0.15, -0.1) is 11.6 Å². The summed E-state index contributed by atoms with van der Waals surface area (Å²) in [5, 5.41) is 16.4. The third-order valence-corrected chi connectivity index (χ3v) is 2.65. The van der Waals surface area contributed by atoms with Crippen molar-refractivity contribution in [3.63, 3.8) is 0 Å². The lowest BCUT2D eigenvalue weighted by molar-refractivity contribution is -0.116. The predicted molar refractivity (Wildman–Crippen MR) is 80.6 cm³/mol. The number of nitrogens with zero attached hydrogens (tertiary/aromatic N) is 1. The van der Waals surface area contributed by atoms with E-state index in [-0.39, 0.29) is 5.57 Å². The summed E-state index contributed by atoms with van der Waals surface area (Å²) < 4.78 is 0. The third kappa shape index (κ3) is 5.55. The molecule has 0 aromatic heterocycles. The molecule has 0 heterocycles. The average Bonchev–Trinajstić information content (AvgIpc) is 2.46. The van der Waals surface area contributed by atoms with Crippen molar-refractivity contribution in [1.82, 2.24) is 10.6 Å². The molecule has 0 spiro atoms. The van der Waals surface area contributed by atoms with Crippen molar-refractivity contribution in [3.8, 4) is 6.07 Å². The Morgan fingerprint density at radius 3 is 2.52 bits per heavy atom. The Labute approximate surface area is 127 Å². The lowest BCUT2D eigenvalue weighted by atomic mass is 10.2. The van der Waals surface area contributed by atoms with Crippen LogP contribution >= 0.6 is 11.6 Å². The van der Waals surface area contributed by atoms with Crippen molar-refractivity contribution in [1.29, 1.82) is 5.26 Å². The van der Waals surface area contributed by atoms with E-state index in [1.807, 2.05) is 0 Å². The van der Waals surface area contributed by atoms with Crippen LogP contribution in [0.4, 0.5) is 10.5 Å². The Morgan fingerprint density at radius 1 is 1.29 bits per heavy atom. The second-order valence-electron chi connectivity index (χ2n) is 4.00. The number of hydrogen-bond donors (Lipinski definition) is 3. The van der Waals surface area contributed by atoms with Gasteiger partial charge in [0.1, 0.15) is 11.6 Å². The Balaban J connectivity index is 2.66. The van der Waals surface area contributed by atoms with E-state index in [2.05, 4.69) is 16.0 Å². The zero-order valence-corrected chi connectivity index (χ0v) is 12.2. The number of anilines is 1. The Bertz CT molecular complexity index is 578. The van der Waals surface area contributed by atoms with Gasteiger partial charge < -0.3 is 10.6 Å². The van der Waals surface area contributed by atoms with Gasteiger partial charge in [0.2, 0.25) is 0 Å². The fourth-order valence-electron chi connectivity index (χ4n) is 1.48. The standard InChI is InChI=1S/C14H15ClN4O2/c1-10(17-8-7-15)12(9-16)13(20)19-14(21)18-11-5-3-2-4-6-11/h2-6,17H,7-8H2,1H3,(H2,18,19,20,21)/b12-10-. The first-order chi connectivity index (χ1) is 10.1. The van der Waals surface area contributed by atoms with Crippen LogP contribution in [0, 0.1) is 11.3 Å². The highest BCUT2D eigenvalue weighted by molar-refractivity contribution is 6.18. The minimum Gasteiger partial charge on any atom is -0.386 e. The Hall–Kier alpha value is -2.52. The first-order valence-electron chi connectivity index (χ1n) is 6.16. The van der Waals surface area contributed by atoms with E-state index in [1.165, 1.54) is 0 Å². The average molecular weight is 307 g/mol. The van der Waals surface area contributed by atoms with Crippen molar-refractivity contribution < 1.29 is 9.59 Å². The van der Waals surface area contributed by atoms with Crippen LogP contribution in [0.3, 0.4) is 0 Å². The van der Waals surface area contributed by atoms with E-state index in [1.54, 1.807) is 43.3 Å². The Kier molecular flexibility index (Phi) is 6.78. The molecule has 110 valence electrons. The molecule has 0 aliphatic carbocycles. The van der Waals surface area contributed by atoms with E-state index in [0.717, 1.165) is 0 Å². The molecule has 0 saturated heterocycles. The number of hydrogen-bond acceptors (Lipinski definition) is 4. The molecular weight excluding hydrogens is 292 g/mol. The first-order valence-corrected chi connectivity index (χ1v) is 6.70. The molecule has 0 aliphatic heterocycles. The van der Waals surface area contributed by atoms with Crippen LogP contribution < -0.4 is 16.0 Å². The molecule has 7 heteroatoms. The number of alkyl halides is 1. The molecule has 1 rings (SSSR count). The highest BCUT2D eigenvalue weighted by atomic mass is 35.5. The summed E-state index contributed by atoms with van der Waals surface area (Å²) in [6, 6.07) is 9.71. The molecule has 1 aromatic rings. The van der Waals surface area contributed by atoms with Crippen LogP contribution in [-0.4, -0.2) is 24.4 Å². The summed E-state index contributed by atoms with van der Waals surface area (Å²) >= 11 is 5.51. The second kappa shape index (κ2) is 8.61. The van der Waals surface area contributed by atoms with E-state index in [0.29, 0.717) is 23.8 Å². The van der Waals surface area contributed by atoms with E-state index in [9.17, 15) is 9.59 Å². The molecule has 6 nitrogen and oxygen atoms in total. The van der Waals surface area contributed by atoms with Crippen molar-refractivity contribution >= 4 is 29.2 Å². The quantitative estimate of drug-likeness (QED) is 0.440. The molecule has 1 aromatic carbocycles. The summed E-state index contributed by atoms with van der Waals surface area (Å²) in [6.07, 6.45) is 0. The summed E-state index contributed by atoms with van der Waals surface area (Å²) in [5.41, 5.74) is 0.744. The highest BCUT2D eigenvalue weighted by Crippen LogP contribution is 2.05. The maximum absolute atomic E-state index is 11.9. The van der Waals surface area contributed by atoms with Gasteiger partial charge in [-0.3, -0.25) is 10.1 Å². The number of para-hydroxylation sites is 1. The number of nitrogens with one attached hydrogen (secondary N) is 3. The molecule has 21 heavy (non-hydrogen) atoms. The summed E-state index contributed by atoms with van der Waals surface area (Å²) in [5.74, 6) is -0.433. The van der Waals surface area contributed by atoms with Gasteiger partial charge in [-0.25, -0.2) is 4.79 Å². The number of carbonyl (C=O) groups is 2. The number of amides is 3. The minimum absolute atomic E-state index is 0.164. The van der Waals surface area contributed by atoms with Gasteiger partial charge in [0.05, 0.1) is 0 Å². The molecule has 0 fully saturated rings. The van der Waals surface area contributed by atoms with Crippen LogP contribution in [0.2, 0.25) is 0 Å². The zero-order chi connectivity index (χ0) is 15.7. The zero-order valence-electron chi connectivity index (χ0n) is 11.4. The molecule has 0 atom stereocenters. The van der Waals surface area contributed by atoms with Crippen LogP contribution in [0.25, 0.3) is 0 Å². The SMILES string of the molecule is C/C(NCCCl)=C(\C#N)C(=O)NC(=O)Nc1ccccc1. The monoisotopic (exact) mass is 306 g/mol. The molecule has 0 aliphatic rings. The van der Waals surface area contributed by atoms with Crippen molar-refractivity contribution in [2.24, 2.45) is 0 Å². The molecule has 3 amide bonds.